The van der Waals surface area contributed by atoms with Gasteiger partial charge in [0, 0.05) is 0 Å². The molecule has 0 aliphatic heterocycles. The molecule has 0 spiro atoms. The Morgan fingerprint density at radius 2 is 1.00 bits per heavy atom. The van der Waals surface area contributed by atoms with Gasteiger partial charge in [0.1, 0.15) is 35.1 Å². The minimum atomic E-state index is -0.716. The first-order valence-electron chi connectivity index (χ1n) is 9.22. The van der Waals surface area contributed by atoms with Crippen LogP contribution in [0.5, 0.6) is 0 Å². The van der Waals surface area contributed by atoms with Crippen molar-refractivity contribution in [3.8, 4) is 0 Å². The van der Waals surface area contributed by atoms with Gasteiger partial charge < -0.3 is 11.5 Å². The van der Waals surface area contributed by atoms with Crippen LogP contribution in [0.15, 0.2) is 20.2 Å². The van der Waals surface area contributed by atoms with E-state index in [9.17, 15) is 0 Å². The van der Waals surface area contributed by atoms with E-state index in [4.69, 9.17) is 11.5 Å². The summed E-state index contributed by atoms with van der Waals surface area (Å²) >= 11 is 0. The van der Waals surface area contributed by atoms with E-state index in [1.807, 2.05) is 65.7 Å². The summed E-state index contributed by atoms with van der Waals surface area (Å²) in [6, 6.07) is 0. The SMILES string of the molecule is CCC(N=C(N)C(C)(C)N=NC(C)(C)C(N)=NC(CC)N(C)C)N(C)C. The van der Waals surface area contributed by atoms with Gasteiger partial charge in [0.05, 0.1) is 0 Å². The molecule has 0 fully saturated rings. The molecule has 152 valence electrons. The predicted molar refractivity (Wildman–Crippen MR) is 112 cm³/mol. The maximum absolute atomic E-state index is 6.21. The second-order valence-electron chi connectivity index (χ2n) is 8.05. The zero-order chi connectivity index (χ0) is 20.7. The molecule has 8 nitrogen and oxygen atoms in total. The lowest BCUT2D eigenvalue weighted by atomic mass is 10.0. The van der Waals surface area contributed by atoms with Crippen LogP contribution >= 0.6 is 0 Å². The van der Waals surface area contributed by atoms with Crippen molar-refractivity contribution in [3.05, 3.63) is 0 Å². The van der Waals surface area contributed by atoms with Crippen LogP contribution in [0.4, 0.5) is 0 Å². The number of amidine groups is 2. The summed E-state index contributed by atoms with van der Waals surface area (Å²) in [5.74, 6) is 0.903. The summed E-state index contributed by atoms with van der Waals surface area (Å²) in [6.07, 6.45) is 1.79. The number of nitrogens with two attached hydrogens (primary N) is 2. The first-order valence-corrected chi connectivity index (χ1v) is 9.22. The highest BCUT2D eigenvalue weighted by atomic mass is 15.3. The topological polar surface area (TPSA) is 108 Å². The van der Waals surface area contributed by atoms with Crippen LogP contribution in [0.25, 0.3) is 0 Å². The molecule has 0 bridgehead atoms. The van der Waals surface area contributed by atoms with Gasteiger partial charge >= 0.3 is 0 Å². The fraction of sp³-hybridized carbons (Fsp3) is 0.889. The van der Waals surface area contributed by atoms with E-state index >= 15 is 0 Å². The lowest BCUT2D eigenvalue weighted by Gasteiger charge is -2.26. The van der Waals surface area contributed by atoms with Gasteiger partial charge in [-0.3, -0.25) is 19.8 Å². The van der Waals surface area contributed by atoms with Gasteiger partial charge in [-0.2, -0.15) is 10.2 Å². The predicted octanol–water partition coefficient (Wildman–Crippen LogP) is 2.31. The Kier molecular flexibility index (Phi) is 9.38. The van der Waals surface area contributed by atoms with Gasteiger partial charge in [0.25, 0.3) is 0 Å². The molecule has 0 aromatic carbocycles. The van der Waals surface area contributed by atoms with Crippen LogP contribution in [0.2, 0.25) is 0 Å². The lowest BCUT2D eigenvalue weighted by Crippen LogP contribution is -2.42. The van der Waals surface area contributed by atoms with Crippen molar-refractivity contribution in [2.75, 3.05) is 28.2 Å². The molecule has 26 heavy (non-hydrogen) atoms. The number of hydrogen-bond donors (Lipinski definition) is 2. The highest BCUT2D eigenvalue weighted by Crippen LogP contribution is 2.18. The van der Waals surface area contributed by atoms with Gasteiger partial charge in [-0.15, -0.1) is 0 Å². The largest absolute Gasteiger partial charge is 0.385 e. The van der Waals surface area contributed by atoms with E-state index in [0.29, 0.717) is 11.7 Å². The van der Waals surface area contributed by atoms with Crippen LogP contribution in [0.1, 0.15) is 54.4 Å². The number of nitrogens with zero attached hydrogens (tertiary/aromatic N) is 6. The highest BCUT2D eigenvalue weighted by molar-refractivity contribution is 5.90. The van der Waals surface area contributed by atoms with Gasteiger partial charge in [-0.1, -0.05) is 13.8 Å². The van der Waals surface area contributed by atoms with Gasteiger partial charge in [-0.25, -0.2) is 0 Å². The molecule has 0 saturated heterocycles. The van der Waals surface area contributed by atoms with Crippen LogP contribution in [0, 0.1) is 0 Å². The molecule has 8 heteroatoms. The third kappa shape index (κ3) is 7.37. The van der Waals surface area contributed by atoms with Gasteiger partial charge in [-0.05, 0) is 68.7 Å². The Labute approximate surface area is 159 Å². The summed E-state index contributed by atoms with van der Waals surface area (Å²) in [5.41, 5.74) is 11.0. The summed E-state index contributed by atoms with van der Waals surface area (Å²) in [7, 11) is 7.92. The third-order valence-electron chi connectivity index (χ3n) is 4.30. The first kappa shape index (κ1) is 24.5. The number of azo groups is 1. The van der Waals surface area contributed by atoms with E-state index in [2.05, 4.69) is 34.1 Å². The summed E-state index contributed by atoms with van der Waals surface area (Å²) in [4.78, 5) is 13.2. The molecule has 0 aromatic rings. The normalized spacial score (nSPS) is 17.4. The van der Waals surface area contributed by atoms with E-state index in [1.165, 1.54) is 0 Å². The molecule has 0 rings (SSSR count). The molecule has 0 saturated carbocycles. The average molecular weight is 369 g/mol. The maximum atomic E-state index is 6.21. The van der Waals surface area contributed by atoms with Crippen LogP contribution in [-0.2, 0) is 0 Å². The number of aliphatic imine (C=N–C) groups is 2. The third-order valence-corrected chi connectivity index (χ3v) is 4.30. The monoisotopic (exact) mass is 368 g/mol. The van der Waals surface area contributed by atoms with Crippen molar-refractivity contribution < 1.29 is 0 Å². The maximum Gasteiger partial charge on any atom is 0.132 e. The molecular formula is C18H40N8. The van der Waals surface area contributed by atoms with E-state index in [0.717, 1.165) is 12.8 Å². The van der Waals surface area contributed by atoms with Crippen molar-refractivity contribution in [2.24, 2.45) is 31.7 Å². The number of rotatable bonds is 10. The van der Waals surface area contributed by atoms with Gasteiger partial charge in [0.15, 0.2) is 0 Å². The highest BCUT2D eigenvalue weighted by Gasteiger charge is 2.28. The smallest absolute Gasteiger partial charge is 0.132 e. The molecule has 0 radical (unpaired) electrons. The minimum absolute atomic E-state index is 0.0227. The molecule has 0 amide bonds. The van der Waals surface area contributed by atoms with Crippen molar-refractivity contribution in [3.63, 3.8) is 0 Å². The van der Waals surface area contributed by atoms with Crippen LogP contribution in [0.3, 0.4) is 0 Å². The fourth-order valence-electron chi connectivity index (χ4n) is 2.13. The summed E-state index contributed by atoms with van der Waals surface area (Å²) in [5, 5.41) is 8.90. The van der Waals surface area contributed by atoms with Crippen LogP contribution in [-0.4, -0.2) is 73.1 Å². The van der Waals surface area contributed by atoms with E-state index in [1.54, 1.807) is 0 Å². The first-order chi connectivity index (χ1) is 11.8. The molecule has 4 N–H and O–H groups in total. The Hall–Kier alpha value is -1.54. The second kappa shape index (κ2) is 9.97. The quantitative estimate of drug-likeness (QED) is 0.350. The minimum Gasteiger partial charge on any atom is -0.385 e. The molecule has 0 aromatic heterocycles. The van der Waals surface area contributed by atoms with E-state index in [-0.39, 0.29) is 12.3 Å². The Morgan fingerprint density at radius 3 is 1.19 bits per heavy atom. The molecule has 0 aliphatic carbocycles. The Bertz CT molecular complexity index is 471. The van der Waals surface area contributed by atoms with E-state index < -0.39 is 11.1 Å². The number of hydrogen-bond acceptors (Lipinski definition) is 6. The molecule has 2 unspecified atom stereocenters. The van der Waals surface area contributed by atoms with Crippen molar-refractivity contribution in [1.29, 1.82) is 0 Å². The zero-order valence-corrected chi connectivity index (χ0v) is 18.4. The lowest BCUT2D eigenvalue weighted by molar-refractivity contribution is 0.293. The van der Waals surface area contributed by atoms with Gasteiger partial charge in [0.2, 0.25) is 0 Å². The second-order valence-corrected chi connectivity index (χ2v) is 8.05. The fourth-order valence-corrected chi connectivity index (χ4v) is 2.13. The molecular weight excluding hydrogens is 328 g/mol. The standard InChI is InChI=1S/C18H40N8/c1-11-13(25(7)8)21-15(19)17(3,4)23-24-18(5,6)16(20)22-14(12-2)26(9)10/h13-14H,11-12H2,1-10H3,(H2,19,21)(H2,20,22). The molecule has 0 heterocycles. The van der Waals surface area contributed by atoms with Crippen molar-refractivity contribution in [2.45, 2.75) is 77.8 Å². The summed E-state index contributed by atoms with van der Waals surface area (Å²) in [6.45, 7) is 11.7. The van der Waals surface area contributed by atoms with Crippen LogP contribution < -0.4 is 11.5 Å². The summed E-state index contributed by atoms with van der Waals surface area (Å²) < 4.78 is 0. The van der Waals surface area contributed by atoms with Crippen molar-refractivity contribution in [1.82, 2.24) is 9.80 Å². The Morgan fingerprint density at radius 1 is 0.731 bits per heavy atom. The van der Waals surface area contributed by atoms with Crippen molar-refractivity contribution >= 4 is 11.7 Å². The molecule has 0 aliphatic rings. The Balaban J connectivity index is 5.47. The zero-order valence-electron chi connectivity index (χ0n) is 18.4. The molecule has 2 atom stereocenters. The average Bonchev–Trinajstić information content (AvgIpc) is 2.54.